The second-order valence-corrected chi connectivity index (χ2v) is 4.79. The number of hydrogen-bond donors (Lipinski definition) is 0. The minimum absolute atomic E-state index is 0.292. The van der Waals surface area contributed by atoms with Crippen molar-refractivity contribution in [2.75, 3.05) is 6.61 Å². The molecule has 0 atom stereocenters. The molecule has 0 fully saturated rings. The van der Waals surface area contributed by atoms with Crippen LogP contribution in [0.15, 0.2) is 24.3 Å². The zero-order valence-electron chi connectivity index (χ0n) is 9.92. The van der Waals surface area contributed by atoms with E-state index in [0.717, 1.165) is 12.2 Å². The minimum Gasteiger partial charge on any atom is -0.493 e. The van der Waals surface area contributed by atoms with Crippen molar-refractivity contribution < 1.29 is 9.53 Å². The number of hydrogen-bond acceptors (Lipinski definition) is 2. The van der Waals surface area contributed by atoms with E-state index in [1.165, 1.54) is 5.56 Å². The third-order valence-electron chi connectivity index (χ3n) is 2.46. The zero-order chi connectivity index (χ0) is 12.2. The number of benzene rings is 1. The lowest BCUT2D eigenvalue weighted by molar-refractivity contribution is -0.120. The highest BCUT2D eigenvalue weighted by molar-refractivity contribution is 6.64. The van der Waals surface area contributed by atoms with E-state index in [4.69, 9.17) is 16.3 Å². The molecule has 0 aliphatic heterocycles. The van der Waals surface area contributed by atoms with Crippen LogP contribution in [0.2, 0.25) is 0 Å². The molecule has 0 spiro atoms. The Morgan fingerprint density at radius 3 is 2.31 bits per heavy atom. The topological polar surface area (TPSA) is 26.3 Å². The highest BCUT2D eigenvalue weighted by atomic mass is 35.5. The van der Waals surface area contributed by atoms with Gasteiger partial charge in [-0.05, 0) is 49.6 Å². The monoisotopic (exact) mass is 240 g/mol. The molecule has 0 N–H and O–H groups in total. The van der Waals surface area contributed by atoms with Crippen LogP contribution >= 0.6 is 11.6 Å². The first-order valence-electron chi connectivity index (χ1n) is 5.37. The van der Waals surface area contributed by atoms with Crippen LogP contribution in [0.1, 0.15) is 26.3 Å². The van der Waals surface area contributed by atoms with Gasteiger partial charge in [0, 0.05) is 0 Å². The van der Waals surface area contributed by atoms with Crippen molar-refractivity contribution in [3.63, 3.8) is 0 Å². The van der Waals surface area contributed by atoms with Crippen LogP contribution < -0.4 is 4.74 Å². The van der Waals surface area contributed by atoms with E-state index in [2.05, 4.69) is 6.92 Å². The predicted octanol–water partition coefficient (Wildman–Crippen LogP) is 3.42. The van der Waals surface area contributed by atoms with Crippen LogP contribution in [-0.2, 0) is 11.2 Å². The Balaban J connectivity index is 2.58. The summed E-state index contributed by atoms with van der Waals surface area (Å²) in [5, 5.41) is -0.377. The maximum absolute atomic E-state index is 11.1. The summed E-state index contributed by atoms with van der Waals surface area (Å²) in [6.45, 7) is 5.93. The second kappa shape index (κ2) is 5.35. The molecule has 0 aromatic heterocycles. The Kier molecular flexibility index (Phi) is 4.36. The summed E-state index contributed by atoms with van der Waals surface area (Å²) >= 11 is 5.46. The van der Waals surface area contributed by atoms with Gasteiger partial charge >= 0.3 is 0 Å². The fourth-order valence-corrected chi connectivity index (χ4v) is 1.20. The molecular formula is C13H17ClO2. The number of carbonyl (C=O) groups is 1. The summed E-state index contributed by atoms with van der Waals surface area (Å²) in [6.07, 6.45) is 1.01. The molecule has 0 aliphatic carbocycles. The van der Waals surface area contributed by atoms with Gasteiger partial charge in [0.15, 0.2) is 0 Å². The van der Waals surface area contributed by atoms with Gasteiger partial charge in [0.1, 0.15) is 12.4 Å². The van der Waals surface area contributed by atoms with Gasteiger partial charge in [-0.1, -0.05) is 19.1 Å². The molecule has 1 rings (SSSR count). The lowest BCUT2D eigenvalue weighted by Gasteiger charge is -2.19. The number of halogens is 1. The van der Waals surface area contributed by atoms with Crippen LogP contribution in [-0.4, -0.2) is 11.8 Å². The van der Waals surface area contributed by atoms with Crippen molar-refractivity contribution in [2.45, 2.75) is 27.2 Å². The Bertz CT molecular complexity index is 355. The molecule has 16 heavy (non-hydrogen) atoms. The fraction of sp³-hybridized carbons (Fsp3) is 0.462. The third kappa shape index (κ3) is 3.53. The highest BCUT2D eigenvalue weighted by Gasteiger charge is 2.26. The molecule has 0 aliphatic rings. The molecule has 0 saturated heterocycles. The van der Waals surface area contributed by atoms with Gasteiger partial charge in [-0.15, -0.1) is 0 Å². The highest BCUT2D eigenvalue weighted by Crippen LogP contribution is 2.21. The molecule has 3 heteroatoms. The lowest BCUT2D eigenvalue weighted by Crippen LogP contribution is -2.27. The summed E-state index contributed by atoms with van der Waals surface area (Å²) in [5.41, 5.74) is 0.616. The van der Waals surface area contributed by atoms with Gasteiger partial charge in [-0.2, -0.15) is 0 Å². The van der Waals surface area contributed by atoms with Crippen molar-refractivity contribution in [3.8, 4) is 5.75 Å². The average Bonchev–Trinajstić information content (AvgIpc) is 2.27. The SMILES string of the molecule is CCc1ccc(OCC(C)(C)C(=O)Cl)cc1. The van der Waals surface area contributed by atoms with Crippen LogP contribution in [0, 0.1) is 5.41 Å². The van der Waals surface area contributed by atoms with Crippen molar-refractivity contribution >= 4 is 16.8 Å². The average molecular weight is 241 g/mol. The first-order valence-corrected chi connectivity index (χ1v) is 5.75. The van der Waals surface area contributed by atoms with E-state index in [0.29, 0.717) is 6.61 Å². The van der Waals surface area contributed by atoms with Gasteiger partial charge in [0.05, 0.1) is 5.41 Å². The predicted molar refractivity (Wildman–Crippen MR) is 66.0 cm³/mol. The maximum Gasteiger partial charge on any atom is 0.230 e. The Morgan fingerprint density at radius 1 is 1.31 bits per heavy atom. The molecule has 0 radical (unpaired) electrons. The first kappa shape index (κ1) is 13.0. The molecule has 88 valence electrons. The first-order chi connectivity index (χ1) is 7.45. The molecule has 1 aromatic rings. The van der Waals surface area contributed by atoms with Crippen molar-refractivity contribution in [3.05, 3.63) is 29.8 Å². The van der Waals surface area contributed by atoms with Crippen LogP contribution in [0.25, 0.3) is 0 Å². The van der Waals surface area contributed by atoms with E-state index in [1.54, 1.807) is 13.8 Å². The van der Waals surface area contributed by atoms with Gasteiger partial charge < -0.3 is 4.74 Å². The van der Waals surface area contributed by atoms with Crippen molar-refractivity contribution in [1.82, 2.24) is 0 Å². The molecule has 0 saturated carbocycles. The summed E-state index contributed by atoms with van der Waals surface area (Å²) in [4.78, 5) is 11.1. The maximum atomic E-state index is 11.1. The largest absolute Gasteiger partial charge is 0.493 e. The van der Waals surface area contributed by atoms with Crippen LogP contribution in [0.5, 0.6) is 5.75 Å². The summed E-state index contributed by atoms with van der Waals surface area (Å²) in [7, 11) is 0. The molecule has 0 amide bonds. The Hall–Kier alpha value is -1.02. The molecule has 0 unspecified atom stereocenters. The molecular weight excluding hydrogens is 224 g/mol. The van der Waals surface area contributed by atoms with E-state index < -0.39 is 5.41 Å². The third-order valence-corrected chi connectivity index (χ3v) is 2.97. The van der Waals surface area contributed by atoms with E-state index in [9.17, 15) is 4.79 Å². The van der Waals surface area contributed by atoms with E-state index in [-0.39, 0.29) is 5.24 Å². The zero-order valence-corrected chi connectivity index (χ0v) is 10.7. The molecule has 2 nitrogen and oxygen atoms in total. The van der Waals surface area contributed by atoms with E-state index in [1.807, 2.05) is 24.3 Å². The number of ether oxygens (including phenoxy) is 1. The fourth-order valence-electron chi connectivity index (χ4n) is 1.14. The number of aryl methyl sites for hydroxylation is 1. The van der Waals surface area contributed by atoms with Crippen molar-refractivity contribution in [1.29, 1.82) is 0 Å². The molecule has 1 aromatic carbocycles. The second-order valence-electron chi connectivity index (χ2n) is 4.44. The van der Waals surface area contributed by atoms with Crippen LogP contribution in [0.3, 0.4) is 0 Å². The lowest BCUT2D eigenvalue weighted by atomic mass is 9.97. The Labute approximate surface area is 102 Å². The van der Waals surface area contributed by atoms with Gasteiger partial charge in [0.2, 0.25) is 5.24 Å². The van der Waals surface area contributed by atoms with Gasteiger partial charge in [-0.3, -0.25) is 4.79 Å². The minimum atomic E-state index is -0.648. The molecule has 0 bridgehead atoms. The number of rotatable bonds is 5. The van der Waals surface area contributed by atoms with Crippen molar-refractivity contribution in [2.24, 2.45) is 5.41 Å². The smallest absolute Gasteiger partial charge is 0.230 e. The standard InChI is InChI=1S/C13H17ClO2/c1-4-10-5-7-11(8-6-10)16-9-13(2,3)12(14)15/h5-8H,4,9H2,1-3H3. The van der Waals surface area contributed by atoms with Gasteiger partial charge in [0.25, 0.3) is 0 Å². The van der Waals surface area contributed by atoms with Gasteiger partial charge in [-0.25, -0.2) is 0 Å². The molecule has 0 heterocycles. The van der Waals surface area contributed by atoms with E-state index >= 15 is 0 Å². The number of carbonyl (C=O) groups excluding carboxylic acids is 1. The summed E-state index contributed by atoms with van der Waals surface area (Å²) < 4.78 is 5.53. The quantitative estimate of drug-likeness (QED) is 0.738. The normalized spacial score (nSPS) is 11.2. The Morgan fingerprint density at radius 2 is 1.88 bits per heavy atom. The van der Waals surface area contributed by atoms with Crippen LogP contribution in [0.4, 0.5) is 0 Å². The summed E-state index contributed by atoms with van der Waals surface area (Å²) in [5.74, 6) is 0.767. The summed E-state index contributed by atoms with van der Waals surface area (Å²) in [6, 6.07) is 7.86.